The van der Waals surface area contributed by atoms with Gasteiger partial charge in [0.1, 0.15) is 0 Å². The van der Waals surface area contributed by atoms with Crippen molar-refractivity contribution in [1.29, 1.82) is 0 Å². The largest absolute Gasteiger partial charge is 0.352 e. The van der Waals surface area contributed by atoms with Crippen LogP contribution in [0.4, 0.5) is 0 Å². The van der Waals surface area contributed by atoms with E-state index < -0.39 is 0 Å². The number of fused-ring (bicyclic) bond motifs is 1. The molecule has 0 aromatic heterocycles. The third kappa shape index (κ3) is 3.97. The molecule has 3 heteroatoms. The molecule has 0 saturated carbocycles. The summed E-state index contributed by atoms with van der Waals surface area (Å²) in [6.07, 6.45) is 2.30. The van der Waals surface area contributed by atoms with E-state index >= 15 is 0 Å². The van der Waals surface area contributed by atoms with Crippen LogP contribution in [0.5, 0.6) is 0 Å². The van der Waals surface area contributed by atoms with Gasteiger partial charge in [-0.2, -0.15) is 0 Å². The van der Waals surface area contributed by atoms with Gasteiger partial charge in [0, 0.05) is 18.8 Å². The Morgan fingerprint density at radius 1 is 1.05 bits per heavy atom. The molecule has 0 aliphatic carbocycles. The van der Waals surface area contributed by atoms with Crippen LogP contribution in [0.2, 0.25) is 0 Å². The number of carbonyl (C=O) groups excluding carboxylic acids is 1. The smallest absolute Gasteiger partial charge is 0.220 e. The highest BCUT2D eigenvalue weighted by atomic mass is 35.5. The van der Waals surface area contributed by atoms with Crippen molar-refractivity contribution < 1.29 is 4.79 Å². The zero-order valence-electron chi connectivity index (χ0n) is 10.9. The molecule has 2 aromatic rings. The number of hydrogen-bond donors (Lipinski definition) is 1. The number of halogens is 1. The van der Waals surface area contributed by atoms with E-state index in [1.807, 2.05) is 18.2 Å². The highest BCUT2D eigenvalue weighted by molar-refractivity contribution is 6.17. The minimum atomic E-state index is 0.0954. The molecule has 0 aliphatic rings. The quantitative estimate of drug-likeness (QED) is 0.629. The lowest BCUT2D eigenvalue weighted by atomic mass is 10.0. The molecule has 1 N–H and O–H groups in total. The van der Waals surface area contributed by atoms with Crippen LogP contribution in [0.15, 0.2) is 42.5 Å². The standard InChI is InChI=1S/C16H18ClNO/c17-11-4-3-10-16(19)18-12-14-8-5-7-13-6-1-2-9-15(13)14/h1-2,5-9H,3-4,10-12H2,(H,18,19). The summed E-state index contributed by atoms with van der Waals surface area (Å²) in [5.74, 6) is 0.717. The van der Waals surface area contributed by atoms with Crippen LogP contribution in [0.25, 0.3) is 10.8 Å². The Bertz CT molecular complexity index is 548. The molecule has 0 heterocycles. The number of unbranched alkanes of at least 4 members (excludes halogenated alkanes) is 1. The maximum atomic E-state index is 11.7. The number of amides is 1. The minimum absolute atomic E-state index is 0.0954. The van der Waals surface area contributed by atoms with Crippen molar-refractivity contribution in [2.75, 3.05) is 5.88 Å². The van der Waals surface area contributed by atoms with Gasteiger partial charge in [-0.3, -0.25) is 4.79 Å². The Labute approximate surface area is 118 Å². The van der Waals surface area contributed by atoms with Crippen molar-refractivity contribution in [1.82, 2.24) is 5.32 Å². The van der Waals surface area contributed by atoms with Gasteiger partial charge < -0.3 is 5.32 Å². The van der Waals surface area contributed by atoms with Crippen molar-refractivity contribution in [3.63, 3.8) is 0 Å². The molecule has 0 radical (unpaired) electrons. The zero-order valence-corrected chi connectivity index (χ0v) is 11.6. The second-order valence-corrected chi connectivity index (χ2v) is 4.94. The average Bonchev–Trinajstić information content (AvgIpc) is 2.45. The van der Waals surface area contributed by atoms with Gasteiger partial charge >= 0.3 is 0 Å². The second-order valence-electron chi connectivity index (χ2n) is 4.56. The predicted octanol–water partition coefficient (Wildman–Crippen LogP) is 3.87. The monoisotopic (exact) mass is 275 g/mol. The van der Waals surface area contributed by atoms with Gasteiger partial charge in [-0.05, 0) is 29.2 Å². The number of alkyl halides is 1. The summed E-state index contributed by atoms with van der Waals surface area (Å²) in [6.45, 7) is 0.584. The molecule has 0 spiro atoms. The Morgan fingerprint density at radius 2 is 1.84 bits per heavy atom. The molecule has 2 rings (SSSR count). The zero-order chi connectivity index (χ0) is 13.5. The number of rotatable bonds is 6. The van der Waals surface area contributed by atoms with E-state index in [0.29, 0.717) is 18.8 Å². The summed E-state index contributed by atoms with van der Waals surface area (Å²) in [4.78, 5) is 11.7. The Morgan fingerprint density at radius 3 is 2.68 bits per heavy atom. The van der Waals surface area contributed by atoms with Crippen LogP contribution in [0, 0.1) is 0 Å². The Balaban J connectivity index is 1.96. The number of nitrogens with one attached hydrogen (secondary N) is 1. The number of hydrogen-bond acceptors (Lipinski definition) is 1. The molecular weight excluding hydrogens is 258 g/mol. The summed E-state index contributed by atoms with van der Waals surface area (Å²) >= 11 is 5.59. The first-order chi connectivity index (χ1) is 9.31. The van der Waals surface area contributed by atoms with Crippen molar-refractivity contribution in [3.8, 4) is 0 Å². The van der Waals surface area contributed by atoms with Gasteiger partial charge in [0.2, 0.25) is 5.91 Å². The third-order valence-electron chi connectivity index (χ3n) is 3.14. The fourth-order valence-electron chi connectivity index (χ4n) is 2.11. The van der Waals surface area contributed by atoms with E-state index in [0.717, 1.165) is 18.4 Å². The van der Waals surface area contributed by atoms with Crippen LogP contribution < -0.4 is 5.32 Å². The highest BCUT2D eigenvalue weighted by Crippen LogP contribution is 2.18. The highest BCUT2D eigenvalue weighted by Gasteiger charge is 2.03. The first-order valence-electron chi connectivity index (χ1n) is 6.60. The third-order valence-corrected chi connectivity index (χ3v) is 3.41. The van der Waals surface area contributed by atoms with Crippen molar-refractivity contribution in [2.45, 2.75) is 25.8 Å². The Hall–Kier alpha value is -1.54. The first kappa shape index (κ1) is 13.9. The molecule has 19 heavy (non-hydrogen) atoms. The van der Waals surface area contributed by atoms with Gasteiger partial charge in [-0.25, -0.2) is 0 Å². The molecule has 0 atom stereocenters. The molecule has 0 aliphatic heterocycles. The van der Waals surface area contributed by atoms with Crippen molar-refractivity contribution in [3.05, 3.63) is 48.0 Å². The van der Waals surface area contributed by atoms with E-state index in [9.17, 15) is 4.79 Å². The van der Waals surface area contributed by atoms with Gasteiger partial charge in [0.05, 0.1) is 0 Å². The van der Waals surface area contributed by atoms with E-state index in [1.165, 1.54) is 10.8 Å². The molecule has 0 bridgehead atoms. The van der Waals surface area contributed by atoms with Crippen LogP contribution in [0.3, 0.4) is 0 Å². The molecule has 0 fully saturated rings. The van der Waals surface area contributed by atoms with Crippen LogP contribution in [-0.4, -0.2) is 11.8 Å². The minimum Gasteiger partial charge on any atom is -0.352 e. The summed E-state index contributed by atoms with van der Waals surface area (Å²) in [7, 11) is 0. The maximum absolute atomic E-state index is 11.7. The van der Waals surface area contributed by atoms with Crippen molar-refractivity contribution in [2.24, 2.45) is 0 Å². The van der Waals surface area contributed by atoms with E-state index in [1.54, 1.807) is 0 Å². The second kappa shape index (κ2) is 7.15. The van der Waals surface area contributed by atoms with Gasteiger partial charge in [-0.15, -0.1) is 11.6 Å². The average molecular weight is 276 g/mol. The summed E-state index contributed by atoms with van der Waals surface area (Å²) in [6, 6.07) is 14.4. The lowest BCUT2D eigenvalue weighted by Gasteiger charge is -2.08. The topological polar surface area (TPSA) is 29.1 Å². The van der Waals surface area contributed by atoms with Crippen LogP contribution >= 0.6 is 11.6 Å². The molecule has 1 amide bonds. The summed E-state index contributed by atoms with van der Waals surface area (Å²) < 4.78 is 0. The van der Waals surface area contributed by atoms with Crippen molar-refractivity contribution >= 4 is 28.3 Å². The lowest BCUT2D eigenvalue weighted by Crippen LogP contribution is -2.22. The summed E-state index contributed by atoms with van der Waals surface area (Å²) in [5, 5.41) is 5.37. The number of carbonyl (C=O) groups is 1. The number of benzene rings is 2. The molecule has 0 unspecified atom stereocenters. The van der Waals surface area contributed by atoms with E-state index in [4.69, 9.17) is 11.6 Å². The van der Waals surface area contributed by atoms with Gasteiger partial charge in [0.15, 0.2) is 0 Å². The summed E-state index contributed by atoms with van der Waals surface area (Å²) in [5.41, 5.74) is 1.16. The molecule has 2 nitrogen and oxygen atoms in total. The Kier molecular flexibility index (Phi) is 5.22. The fraction of sp³-hybridized carbons (Fsp3) is 0.312. The predicted molar refractivity (Wildman–Crippen MR) is 80.4 cm³/mol. The molecule has 2 aromatic carbocycles. The van der Waals surface area contributed by atoms with Crippen LogP contribution in [-0.2, 0) is 11.3 Å². The SMILES string of the molecule is O=C(CCCCCl)NCc1cccc2ccccc12. The normalized spacial score (nSPS) is 10.6. The lowest BCUT2D eigenvalue weighted by molar-refractivity contribution is -0.121. The molecular formula is C16H18ClNO. The maximum Gasteiger partial charge on any atom is 0.220 e. The van der Waals surface area contributed by atoms with E-state index in [-0.39, 0.29) is 5.91 Å². The fourth-order valence-corrected chi connectivity index (χ4v) is 2.30. The van der Waals surface area contributed by atoms with Crippen LogP contribution in [0.1, 0.15) is 24.8 Å². The van der Waals surface area contributed by atoms with Gasteiger partial charge in [-0.1, -0.05) is 42.5 Å². The first-order valence-corrected chi connectivity index (χ1v) is 7.14. The molecule has 0 saturated heterocycles. The molecule has 100 valence electrons. The van der Waals surface area contributed by atoms with Gasteiger partial charge in [0.25, 0.3) is 0 Å². The van der Waals surface area contributed by atoms with E-state index in [2.05, 4.69) is 29.6 Å².